The Morgan fingerprint density at radius 2 is 2.00 bits per heavy atom. The number of carbonyl (C=O) groups is 1. The maximum Gasteiger partial charge on any atom is 0.321 e. The highest BCUT2D eigenvalue weighted by Gasteiger charge is 2.27. The molecule has 106 valence electrons. The Balaban J connectivity index is 2.52. The summed E-state index contributed by atoms with van der Waals surface area (Å²) >= 11 is 0. The molecule has 0 aliphatic heterocycles. The summed E-state index contributed by atoms with van der Waals surface area (Å²) in [5.41, 5.74) is 0. The second-order valence-corrected chi connectivity index (χ2v) is 6.88. The summed E-state index contributed by atoms with van der Waals surface area (Å²) in [6, 6.07) is -0.976. The highest BCUT2D eigenvalue weighted by molar-refractivity contribution is 7.89. The Morgan fingerprint density at radius 3 is 2.50 bits per heavy atom. The van der Waals surface area contributed by atoms with Gasteiger partial charge < -0.3 is 5.11 Å². The van der Waals surface area contributed by atoms with E-state index in [0.717, 1.165) is 32.1 Å². The topological polar surface area (TPSA) is 83.5 Å². The summed E-state index contributed by atoms with van der Waals surface area (Å²) in [5.74, 6) is -0.815. The van der Waals surface area contributed by atoms with Crippen LogP contribution < -0.4 is 4.72 Å². The minimum absolute atomic E-state index is 0.0723. The lowest BCUT2D eigenvalue weighted by molar-refractivity contribution is -0.139. The Labute approximate surface area is 109 Å². The second kappa shape index (κ2) is 7.09. The molecule has 1 fully saturated rings. The molecule has 0 spiro atoms. The molecular formula is C12H23NO4S. The Kier molecular flexibility index (Phi) is 6.08. The normalized spacial score (nSPS) is 18.9. The molecule has 0 aromatic heterocycles. The molecule has 0 aromatic rings. The molecule has 0 amide bonds. The molecule has 5 nitrogen and oxygen atoms in total. The van der Waals surface area contributed by atoms with Gasteiger partial charge >= 0.3 is 5.97 Å². The van der Waals surface area contributed by atoms with Crippen molar-refractivity contribution in [3.63, 3.8) is 0 Å². The van der Waals surface area contributed by atoms with Gasteiger partial charge in [0.25, 0.3) is 0 Å². The van der Waals surface area contributed by atoms with Crippen molar-refractivity contribution in [3.8, 4) is 0 Å². The van der Waals surface area contributed by atoms with E-state index in [1.807, 2.05) is 6.92 Å². The van der Waals surface area contributed by atoms with Gasteiger partial charge in [-0.05, 0) is 25.2 Å². The first-order valence-electron chi connectivity index (χ1n) is 6.67. The van der Waals surface area contributed by atoms with E-state index in [1.54, 1.807) is 0 Å². The van der Waals surface area contributed by atoms with Crippen LogP contribution in [0, 0.1) is 5.92 Å². The number of carboxylic acid groups (broad SMARTS) is 1. The van der Waals surface area contributed by atoms with Crippen molar-refractivity contribution >= 4 is 16.0 Å². The van der Waals surface area contributed by atoms with Crippen LogP contribution >= 0.6 is 0 Å². The van der Waals surface area contributed by atoms with Gasteiger partial charge in [-0.2, -0.15) is 0 Å². The standard InChI is InChI=1S/C12H23NO4S/c1-2-3-8-11(12(14)15)13-18(16,17)9-10-6-4-5-7-10/h10-11,13H,2-9H2,1H3,(H,14,15)/t11-/m0/s1. The number of sulfonamides is 1. The predicted molar refractivity (Wildman–Crippen MR) is 69.8 cm³/mol. The third-order valence-corrected chi connectivity index (χ3v) is 4.95. The smallest absolute Gasteiger partial charge is 0.321 e. The molecule has 1 saturated carbocycles. The molecule has 1 aliphatic carbocycles. The first-order chi connectivity index (χ1) is 8.44. The van der Waals surface area contributed by atoms with Crippen LogP contribution in [-0.2, 0) is 14.8 Å². The second-order valence-electron chi connectivity index (χ2n) is 5.08. The first-order valence-corrected chi connectivity index (χ1v) is 8.32. The molecule has 0 unspecified atom stereocenters. The van der Waals surface area contributed by atoms with Gasteiger partial charge in [0.15, 0.2) is 0 Å². The number of nitrogens with one attached hydrogen (secondary N) is 1. The van der Waals surface area contributed by atoms with E-state index < -0.39 is 22.0 Å². The lowest BCUT2D eigenvalue weighted by Gasteiger charge is -2.16. The van der Waals surface area contributed by atoms with Crippen molar-refractivity contribution in [1.82, 2.24) is 4.72 Å². The Bertz CT molecular complexity index is 360. The summed E-state index contributed by atoms with van der Waals surface area (Å²) in [6.07, 6.45) is 5.96. The van der Waals surface area contributed by atoms with Crippen molar-refractivity contribution in [2.24, 2.45) is 5.92 Å². The molecule has 1 aliphatic rings. The molecule has 6 heteroatoms. The van der Waals surface area contributed by atoms with Crippen molar-refractivity contribution in [2.45, 2.75) is 57.9 Å². The number of aliphatic carboxylic acids is 1. The zero-order chi connectivity index (χ0) is 13.6. The van der Waals surface area contributed by atoms with Gasteiger partial charge in [0.1, 0.15) is 6.04 Å². The Hall–Kier alpha value is -0.620. The van der Waals surface area contributed by atoms with Crippen molar-refractivity contribution in [2.75, 3.05) is 5.75 Å². The minimum atomic E-state index is -3.47. The van der Waals surface area contributed by atoms with Gasteiger partial charge in [0.05, 0.1) is 5.75 Å². The van der Waals surface area contributed by atoms with Gasteiger partial charge in [-0.15, -0.1) is 0 Å². The van der Waals surface area contributed by atoms with Crippen molar-refractivity contribution in [3.05, 3.63) is 0 Å². The number of rotatable bonds is 8. The van der Waals surface area contributed by atoms with Crippen molar-refractivity contribution in [1.29, 1.82) is 0 Å². The average molecular weight is 277 g/mol. The van der Waals surface area contributed by atoms with Crippen LogP contribution in [-0.4, -0.2) is 31.3 Å². The fraction of sp³-hybridized carbons (Fsp3) is 0.917. The number of unbranched alkanes of at least 4 members (excludes halogenated alkanes) is 1. The van der Waals surface area contributed by atoms with Crippen LogP contribution in [0.1, 0.15) is 51.9 Å². The monoisotopic (exact) mass is 277 g/mol. The quantitative estimate of drug-likeness (QED) is 0.708. The van der Waals surface area contributed by atoms with E-state index in [0.29, 0.717) is 12.8 Å². The van der Waals surface area contributed by atoms with Crippen LogP contribution in [0.4, 0.5) is 0 Å². The maximum atomic E-state index is 11.9. The van der Waals surface area contributed by atoms with E-state index in [2.05, 4.69) is 4.72 Å². The van der Waals surface area contributed by atoms with E-state index in [4.69, 9.17) is 5.11 Å². The highest BCUT2D eigenvalue weighted by Crippen LogP contribution is 2.25. The number of hydrogen-bond donors (Lipinski definition) is 2. The van der Waals surface area contributed by atoms with Crippen LogP contribution in [0.25, 0.3) is 0 Å². The zero-order valence-corrected chi connectivity index (χ0v) is 11.7. The highest BCUT2D eigenvalue weighted by atomic mass is 32.2. The largest absolute Gasteiger partial charge is 0.480 e. The van der Waals surface area contributed by atoms with E-state index in [9.17, 15) is 13.2 Å². The van der Waals surface area contributed by atoms with Gasteiger partial charge in [0, 0.05) is 0 Å². The summed E-state index contributed by atoms with van der Waals surface area (Å²) < 4.78 is 26.1. The zero-order valence-electron chi connectivity index (χ0n) is 10.9. The molecule has 18 heavy (non-hydrogen) atoms. The molecule has 0 saturated heterocycles. The first kappa shape index (κ1) is 15.4. The molecule has 2 N–H and O–H groups in total. The molecule has 0 heterocycles. The van der Waals surface area contributed by atoms with Gasteiger partial charge in [-0.1, -0.05) is 32.6 Å². The lowest BCUT2D eigenvalue weighted by Crippen LogP contribution is -2.42. The predicted octanol–water partition coefficient (Wildman–Crippen LogP) is 1.74. The summed E-state index contributed by atoms with van der Waals surface area (Å²) in [4.78, 5) is 11.0. The third-order valence-electron chi connectivity index (χ3n) is 3.40. The van der Waals surface area contributed by atoms with Crippen LogP contribution in [0.3, 0.4) is 0 Å². The molecule has 1 rings (SSSR count). The van der Waals surface area contributed by atoms with Gasteiger partial charge in [0.2, 0.25) is 10.0 Å². The number of carboxylic acids is 1. The molecule has 1 atom stereocenters. The number of hydrogen-bond acceptors (Lipinski definition) is 3. The van der Waals surface area contributed by atoms with Gasteiger partial charge in [-0.3, -0.25) is 4.79 Å². The van der Waals surface area contributed by atoms with E-state index in [-0.39, 0.29) is 11.7 Å². The SMILES string of the molecule is CCCC[C@H](NS(=O)(=O)CC1CCCC1)C(=O)O. The van der Waals surface area contributed by atoms with E-state index in [1.165, 1.54) is 0 Å². The average Bonchev–Trinajstić information content (AvgIpc) is 2.75. The lowest BCUT2D eigenvalue weighted by atomic mass is 10.1. The van der Waals surface area contributed by atoms with Crippen LogP contribution in [0.15, 0.2) is 0 Å². The molecule has 0 aromatic carbocycles. The van der Waals surface area contributed by atoms with Crippen molar-refractivity contribution < 1.29 is 18.3 Å². The summed E-state index contributed by atoms with van der Waals surface area (Å²) in [6.45, 7) is 1.95. The maximum absolute atomic E-state index is 11.9. The summed E-state index contributed by atoms with van der Waals surface area (Å²) in [5, 5.41) is 9.00. The Morgan fingerprint density at radius 1 is 1.39 bits per heavy atom. The molecule has 0 bridgehead atoms. The van der Waals surface area contributed by atoms with Crippen LogP contribution in [0.5, 0.6) is 0 Å². The third kappa shape index (κ3) is 5.35. The van der Waals surface area contributed by atoms with Gasteiger partial charge in [-0.25, -0.2) is 13.1 Å². The molecular weight excluding hydrogens is 254 g/mol. The van der Waals surface area contributed by atoms with Crippen LogP contribution in [0.2, 0.25) is 0 Å². The molecule has 0 radical (unpaired) electrons. The fourth-order valence-electron chi connectivity index (χ4n) is 2.39. The minimum Gasteiger partial charge on any atom is -0.480 e. The van der Waals surface area contributed by atoms with E-state index >= 15 is 0 Å². The summed E-state index contributed by atoms with van der Waals surface area (Å²) in [7, 11) is -3.47. The fourth-order valence-corrected chi connectivity index (χ4v) is 4.10.